The Hall–Kier alpha value is -2.69. The van der Waals surface area contributed by atoms with Gasteiger partial charge in [-0.05, 0) is 50.3 Å². The SMILES string of the molecule is CC(NC(=O)C1CCC(C(=O)Nc2ccccc2F)CC1)c1ccccc1. The van der Waals surface area contributed by atoms with E-state index in [9.17, 15) is 14.0 Å². The lowest BCUT2D eigenvalue weighted by molar-refractivity contribution is -0.129. The lowest BCUT2D eigenvalue weighted by Crippen LogP contribution is -2.36. The molecule has 0 radical (unpaired) electrons. The highest BCUT2D eigenvalue weighted by atomic mass is 19.1. The zero-order chi connectivity index (χ0) is 19.2. The summed E-state index contributed by atoms with van der Waals surface area (Å²) in [5.41, 5.74) is 1.28. The maximum absolute atomic E-state index is 13.7. The van der Waals surface area contributed by atoms with Crippen molar-refractivity contribution < 1.29 is 14.0 Å². The van der Waals surface area contributed by atoms with E-state index in [4.69, 9.17) is 0 Å². The minimum atomic E-state index is -0.436. The van der Waals surface area contributed by atoms with Crippen molar-refractivity contribution in [2.45, 2.75) is 38.6 Å². The second kappa shape index (κ2) is 8.80. The molecule has 4 nitrogen and oxygen atoms in total. The van der Waals surface area contributed by atoms with E-state index in [0.29, 0.717) is 25.7 Å². The molecular formula is C22H25FN2O2. The quantitative estimate of drug-likeness (QED) is 0.819. The van der Waals surface area contributed by atoms with Gasteiger partial charge in [0.1, 0.15) is 5.82 Å². The number of para-hydroxylation sites is 1. The molecular weight excluding hydrogens is 343 g/mol. The van der Waals surface area contributed by atoms with Crippen molar-refractivity contribution >= 4 is 17.5 Å². The zero-order valence-electron chi connectivity index (χ0n) is 15.5. The fraction of sp³-hybridized carbons (Fsp3) is 0.364. The van der Waals surface area contributed by atoms with Gasteiger partial charge in [0.15, 0.2) is 0 Å². The van der Waals surface area contributed by atoms with E-state index in [2.05, 4.69) is 10.6 Å². The smallest absolute Gasteiger partial charge is 0.227 e. The Bertz CT molecular complexity index is 786. The minimum absolute atomic E-state index is 0.0409. The van der Waals surface area contributed by atoms with Crippen molar-refractivity contribution in [3.8, 4) is 0 Å². The number of benzene rings is 2. The molecule has 1 atom stereocenters. The minimum Gasteiger partial charge on any atom is -0.349 e. The number of carbonyl (C=O) groups is 2. The highest BCUT2D eigenvalue weighted by Crippen LogP contribution is 2.30. The molecule has 142 valence electrons. The van der Waals surface area contributed by atoms with Gasteiger partial charge in [-0.25, -0.2) is 4.39 Å². The average Bonchev–Trinajstić information content (AvgIpc) is 2.70. The van der Waals surface area contributed by atoms with Crippen LogP contribution >= 0.6 is 0 Å². The van der Waals surface area contributed by atoms with Crippen LogP contribution in [0.4, 0.5) is 10.1 Å². The van der Waals surface area contributed by atoms with E-state index < -0.39 is 5.82 Å². The van der Waals surface area contributed by atoms with Crippen LogP contribution < -0.4 is 10.6 Å². The lowest BCUT2D eigenvalue weighted by atomic mass is 9.81. The van der Waals surface area contributed by atoms with E-state index in [0.717, 1.165) is 5.56 Å². The Labute approximate surface area is 159 Å². The highest BCUT2D eigenvalue weighted by Gasteiger charge is 2.30. The first kappa shape index (κ1) is 19.1. The molecule has 2 aromatic rings. The topological polar surface area (TPSA) is 58.2 Å². The van der Waals surface area contributed by atoms with Gasteiger partial charge >= 0.3 is 0 Å². The maximum Gasteiger partial charge on any atom is 0.227 e. The van der Waals surface area contributed by atoms with Crippen LogP contribution in [0.25, 0.3) is 0 Å². The first-order chi connectivity index (χ1) is 13.0. The number of amides is 2. The molecule has 0 heterocycles. The summed E-state index contributed by atoms with van der Waals surface area (Å²) in [6.07, 6.45) is 2.61. The van der Waals surface area contributed by atoms with Gasteiger partial charge in [0, 0.05) is 11.8 Å². The van der Waals surface area contributed by atoms with Crippen molar-refractivity contribution in [1.82, 2.24) is 5.32 Å². The summed E-state index contributed by atoms with van der Waals surface area (Å²) in [5.74, 6) is -0.821. The van der Waals surface area contributed by atoms with Gasteiger partial charge in [-0.2, -0.15) is 0 Å². The molecule has 1 aliphatic rings. The van der Waals surface area contributed by atoms with Crippen LogP contribution in [0.1, 0.15) is 44.2 Å². The van der Waals surface area contributed by atoms with Gasteiger partial charge in [-0.15, -0.1) is 0 Å². The van der Waals surface area contributed by atoms with Crippen molar-refractivity contribution in [2.24, 2.45) is 11.8 Å². The Balaban J connectivity index is 1.49. The van der Waals surface area contributed by atoms with Crippen molar-refractivity contribution in [3.63, 3.8) is 0 Å². The molecule has 0 saturated heterocycles. The third-order valence-electron chi connectivity index (χ3n) is 5.26. The van der Waals surface area contributed by atoms with Crippen molar-refractivity contribution in [3.05, 3.63) is 66.0 Å². The lowest BCUT2D eigenvalue weighted by Gasteiger charge is -2.28. The summed E-state index contributed by atoms with van der Waals surface area (Å²) in [6.45, 7) is 1.97. The number of halogens is 1. The van der Waals surface area contributed by atoms with Gasteiger partial charge in [0.05, 0.1) is 11.7 Å². The van der Waals surface area contributed by atoms with Crippen LogP contribution in [0.2, 0.25) is 0 Å². The number of carbonyl (C=O) groups excluding carboxylic acids is 2. The van der Waals surface area contributed by atoms with Crippen LogP contribution in [0.3, 0.4) is 0 Å². The molecule has 1 unspecified atom stereocenters. The largest absolute Gasteiger partial charge is 0.349 e. The molecule has 1 saturated carbocycles. The monoisotopic (exact) mass is 368 g/mol. The van der Waals surface area contributed by atoms with Crippen LogP contribution in [-0.4, -0.2) is 11.8 Å². The van der Waals surface area contributed by atoms with Gasteiger partial charge in [0.25, 0.3) is 0 Å². The molecule has 1 fully saturated rings. The summed E-state index contributed by atoms with van der Waals surface area (Å²) < 4.78 is 13.7. The highest BCUT2D eigenvalue weighted by molar-refractivity contribution is 5.92. The van der Waals surface area contributed by atoms with Crippen LogP contribution in [0.5, 0.6) is 0 Å². The molecule has 0 aliphatic heterocycles. The molecule has 5 heteroatoms. The molecule has 1 aliphatic carbocycles. The molecule has 2 N–H and O–H groups in total. The zero-order valence-corrected chi connectivity index (χ0v) is 15.5. The van der Waals surface area contributed by atoms with Gasteiger partial charge in [-0.1, -0.05) is 42.5 Å². The average molecular weight is 368 g/mol. The molecule has 0 aromatic heterocycles. The van der Waals surface area contributed by atoms with E-state index in [1.165, 1.54) is 6.07 Å². The Morgan fingerprint density at radius 3 is 2.07 bits per heavy atom. The third kappa shape index (κ3) is 4.94. The molecule has 0 spiro atoms. The summed E-state index contributed by atoms with van der Waals surface area (Å²) in [7, 11) is 0. The fourth-order valence-electron chi connectivity index (χ4n) is 3.57. The summed E-state index contributed by atoms with van der Waals surface area (Å²) in [4.78, 5) is 24.9. The van der Waals surface area contributed by atoms with Gasteiger partial charge in [0.2, 0.25) is 11.8 Å². The normalized spacial score (nSPS) is 20.5. The first-order valence-corrected chi connectivity index (χ1v) is 9.45. The number of hydrogen-bond acceptors (Lipinski definition) is 2. The number of anilines is 1. The molecule has 0 bridgehead atoms. The van der Waals surface area contributed by atoms with E-state index in [1.807, 2.05) is 37.3 Å². The molecule has 27 heavy (non-hydrogen) atoms. The van der Waals surface area contributed by atoms with Crippen LogP contribution in [0.15, 0.2) is 54.6 Å². The predicted molar refractivity (Wildman–Crippen MR) is 103 cm³/mol. The number of hydrogen-bond donors (Lipinski definition) is 2. The summed E-state index contributed by atoms with van der Waals surface area (Å²) >= 11 is 0. The van der Waals surface area contributed by atoms with Gasteiger partial charge in [-0.3, -0.25) is 9.59 Å². The van der Waals surface area contributed by atoms with Gasteiger partial charge < -0.3 is 10.6 Å². The van der Waals surface area contributed by atoms with Crippen molar-refractivity contribution in [1.29, 1.82) is 0 Å². The van der Waals surface area contributed by atoms with Crippen molar-refractivity contribution in [2.75, 3.05) is 5.32 Å². The molecule has 2 aromatic carbocycles. The molecule has 3 rings (SSSR count). The number of nitrogens with one attached hydrogen (secondary N) is 2. The van der Waals surface area contributed by atoms with E-state index >= 15 is 0 Å². The van der Waals surface area contributed by atoms with E-state index in [1.54, 1.807) is 18.2 Å². The Kier molecular flexibility index (Phi) is 6.22. The van der Waals surface area contributed by atoms with E-state index in [-0.39, 0.29) is 35.4 Å². The Morgan fingerprint density at radius 1 is 0.889 bits per heavy atom. The summed E-state index contributed by atoms with van der Waals surface area (Å²) in [6, 6.07) is 16.0. The summed E-state index contributed by atoms with van der Waals surface area (Å²) in [5, 5.41) is 5.73. The van der Waals surface area contributed by atoms with Crippen LogP contribution in [-0.2, 0) is 9.59 Å². The number of rotatable bonds is 5. The Morgan fingerprint density at radius 2 is 1.44 bits per heavy atom. The van der Waals surface area contributed by atoms with Crippen LogP contribution in [0, 0.1) is 17.7 Å². The maximum atomic E-state index is 13.7. The predicted octanol–water partition coefficient (Wildman–Crippen LogP) is 4.45. The first-order valence-electron chi connectivity index (χ1n) is 9.45. The second-order valence-electron chi connectivity index (χ2n) is 7.16. The standard InChI is InChI=1S/C22H25FN2O2/c1-15(16-7-3-2-4-8-16)24-21(26)17-11-13-18(14-12-17)22(27)25-20-10-6-5-9-19(20)23/h2-10,15,17-18H,11-14H2,1H3,(H,24,26)(H,25,27). The fourth-order valence-corrected chi connectivity index (χ4v) is 3.57. The second-order valence-corrected chi connectivity index (χ2v) is 7.16. The third-order valence-corrected chi connectivity index (χ3v) is 5.26. The molecule has 2 amide bonds.